The van der Waals surface area contributed by atoms with Crippen LogP contribution in [0.5, 0.6) is 5.75 Å². The fourth-order valence-corrected chi connectivity index (χ4v) is 2.81. The number of rotatable bonds is 3. The number of nitrogens with zero attached hydrogens (tertiary/aromatic N) is 1. The molecule has 9 heteroatoms. The number of ether oxygens (including phenoxy) is 1. The highest BCUT2D eigenvalue weighted by atomic mass is 32.2. The first-order valence-corrected chi connectivity index (χ1v) is 7.20. The Morgan fingerprint density at radius 1 is 1.40 bits per heavy atom. The van der Waals surface area contributed by atoms with E-state index in [1.807, 2.05) is 0 Å². The van der Waals surface area contributed by atoms with E-state index in [0.29, 0.717) is 6.07 Å². The molecule has 0 aromatic heterocycles. The van der Waals surface area contributed by atoms with Gasteiger partial charge in [0.15, 0.2) is 11.6 Å². The zero-order valence-electron chi connectivity index (χ0n) is 10.5. The summed E-state index contributed by atoms with van der Waals surface area (Å²) in [6.45, 7) is -0.267. The van der Waals surface area contributed by atoms with E-state index in [1.54, 1.807) is 0 Å². The number of carbonyl (C=O) groups is 1. The van der Waals surface area contributed by atoms with Gasteiger partial charge in [-0.3, -0.25) is 4.79 Å². The quantitative estimate of drug-likeness (QED) is 0.873. The van der Waals surface area contributed by atoms with Crippen LogP contribution >= 0.6 is 0 Å². The third-order valence-electron chi connectivity index (χ3n) is 3.04. The van der Waals surface area contributed by atoms with Crippen LogP contribution in [0, 0.1) is 11.6 Å². The molecule has 0 radical (unpaired) electrons. The van der Waals surface area contributed by atoms with Gasteiger partial charge in [0.25, 0.3) is 0 Å². The topological polar surface area (TPSA) is 89.7 Å². The maximum atomic E-state index is 13.6. The van der Waals surface area contributed by atoms with Crippen molar-refractivity contribution in [1.29, 1.82) is 0 Å². The lowest BCUT2D eigenvalue weighted by molar-refractivity contribution is -0.117. The van der Waals surface area contributed by atoms with E-state index in [4.69, 9.17) is 9.88 Å². The third kappa shape index (κ3) is 2.59. The van der Waals surface area contributed by atoms with Gasteiger partial charge in [0.2, 0.25) is 15.9 Å². The number of hydrogen-bond acceptors (Lipinski definition) is 4. The van der Waals surface area contributed by atoms with Gasteiger partial charge in [-0.25, -0.2) is 22.3 Å². The Morgan fingerprint density at radius 3 is 2.55 bits per heavy atom. The van der Waals surface area contributed by atoms with Crippen LogP contribution in [0.15, 0.2) is 12.1 Å². The van der Waals surface area contributed by atoms with Crippen molar-refractivity contribution in [2.75, 3.05) is 18.6 Å². The Morgan fingerprint density at radius 2 is 2.05 bits per heavy atom. The van der Waals surface area contributed by atoms with Gasteiger partial charge in [-0.15, -0.1) is 0 Å². The molecular weight excluding hydrogens is 294 g/mol. The molecule has 1 atom stereocenters. The van der Waals surface area contributed by atoms with Gasteiger partial charge in [0.1, 0.15) is 11.1 Å². The van der Waals surface area contributed by atoms with Crippen molar-refractivity contribution in [2.24, 2.45) is 5.14 Å². The van der Waals surface area contributed by atoms with E-state index in [9.17, 15) is 22.0 Å². The standard InChI is InChI=1S/C11H12F2N2O4S/c1-19-11-8(13)2-6(12)3-9(11)15-5-7(4-10(15)16)20(14,17)18/h2-3,7H,4-5H2,1H3,(H2,14,17,18). The van der Waals surface area contributed by atoms with E-state index >= 15 is 0 Å². The van der Waals surface area contributed by atoms with Crippen molar-refractivity contribution in [1.82, 2.24) is 0 Å². The summed E-state index contributed by atoms with van der Waals surface area (Å²) in [5.41, 5.74) is -0.152. The summed E-state index contributed by atoms with van der Waals surface area (Å²) in [6, 6.07) is 1.52. The molecule has 1 fully saturated rings. The molecule has 1 heterocycles. The van der Waals surface area contributed by atoms with E-state index in [1.165, 1.54) is 0 Å². The first kappa shape index (κ1) is 14.7. The number of amides is 1. The molecule has 2 rings (SSSR count). The largest absolute Gasteiger partial charge is 0.492 e. The van der Waals surface area contributed by atoms with Gasteiger partial charge < -0.3 is 9.64 Å². The summed E-state index contributed by atoms with van der Waals surface area (Å²) < 4.78 is 54.2. The molecule has 0 saturated carbocycles. The van der Waals surface area contributed by atoms with E-state index in [-0.39, 0.29) is 24.4 Å². The van der Waals surface area contributed by atoms with Gasteiger partial charge in [0, 0.05) is 25.1 Å². The summed E-state index contributed by atoms with van der Waals surface area (Å²) >= 11 is 0. The number of hydrogen-bond donors (Lipinski definition) is 1. The average Bonchev–Trinajstić information content (AvgIpc) is 2.70. The Balaban J connectivity index is 2.45. The smallest absolute Gasteiger partial charge is 0.228 e. The number of sulfonamides is 1. The minimum atomic E-state index is -3.91. The number of anilines is 1. The van der Waals surface area contributed by atoms with Crippen LogP contribution in [-0.2, 0) is 14.8 Å². The number of benzene rings is 1. The number of halogens is 2. The highest BCUT2D eigenvalue weighted by Gasteiger charge is 2.38. The predicted octanol–water partition coefficient (Wildman–Crippen LogP) is 0.367. The van der Waals surface area contributed by atoms with Crippen LogP contribution in [0.1, 0.15) is 6.42 Å². The summed E-state index contributed by atoms with van der Waals surface area (Å²) in [6.07, 6.45) is -0.333. The number of methoxy groups -OCH3 is 1. The SMILES string of the molecule is COc1c(F)cc(F)cc1N1CC(S(N)(=O)=O)CC1=O. The van der Waals surface area contributed by atoms with Crippen molar-refractivity contribution in [2.45, 2.75) is 11.7 Å². The second-order valence-electron chi connectivity index (χ2n) is 4.36. The number of carbonyl (C=O) groups excluding carboxylic acids is 1. The first-order chi connectivity index (χ1) is 9.24. The van der Waals surface area contributed by atoms with Gasteiger partial charge in [-0.1, -0.05) is 0 Å². The van der Waals surface area contributed by atoms with Crippen molar-refractivity contribution in [3.63, 3.8) is 0 Å². The molecular formula is C11H12F2N2O4S. The van der Waals surface area contributed by atoms with Crippen LogP contribution in [0.2, 0.25) is 0 Å². The minimum absolute atomic E-state index is 0.152. The molecule has 1 aliphatic heterocycles. The fraction of sp³-hybridized carbons (Fsp3) is 0.364. The Hall–Kier alpha value is -1.74. The van der Waals surface area contributed by atoms with E-state index in [0.717, 1.165) is 18.1 Å². The summed E-state index contributed by atoms with van der Waals surface area (Å²) in [5.74, 6) is -2.79. The monoisotopic (exact) mass is 306 g/mol. The zero-order valence-corrected chi connectivity index (χ0v) is 11.3. The number of nitrogens with two attached hydrogens (primary N) is 1. The van der Waals surface area contributed by atoms with Crippen molar-refractivity contribution < 1.29 is 26.7 Å². The minimum Gasteiger partial charge on any atom is -0.492 e. The molecule has 0 aliphatic carbocycles. The Bertz CT molecular complexity index is 663. The normalized spacial score (nSPS) is 19.5. The molecule has 1 aromatic carbocycles. The fourth-order valence-electron chi connectivity index (χ4n) is 2.08. The maximum absolute atomic E-state index is 13.6. The lowest BCUT2D eigenvalue weighted by Crippen LogP contribution is -2.32. The van der Waals surface area contributed by atoms with Crippen molar-refractivity contribution >= 4 is 21.6 Å². The molecule has 1 saturated heterocycles. The van der Waals surface area contributed by atoms with Crippen molar-refractivity contribution in [3.05, 3.63) is 23.8 Å². The van der Waals surface area contributed by atoms with E-state index < -0.39 is 32.8 Å². The highest BCUT2D eigenvalue weighted by Crippen LogP contribution is 2.35. The summed E-state index contributed by atoms with van der Waals surface area (Å²) in [7, 11) is -2.74. The Labute approximate surface area is 114 Å². The Kier molecular flexibility index (Phi) is 3.65. The molecule has 20 heavy (non-hydrogen) atoms. The second-order valence-corrected chi connectivity index (χ2v) is 6.20. The van der Waals surface area contributed by atoms with Crippen LogP contribution in [0.3, 0.4) is 0 Å². The van der Waals surface area contributed by atoms with Gasteiger partial charge in [0.05, 0.1) is 12.8 Å². The first-order valence-electron chi connectivity index (χ1n) is 5.59. The van der Waals surface area contributed by atoms with Gasteiger partial charge in [-0.2, -0.15) is 0 Å². The zero-order chi connectivity index (χ0) is 15.1. The van der Waals surface area contributed by atoms with Crippen LogP contribution in [-0.4, -0.2) is 33.2 Å². The predicted molar refractivity (Wildman–Crippen MR) is 66.8 cm³/mol. The van der Waals surface area contributed by atoms with Crippen LogP contribution in [0.4, 0.5) is 14.5 Å². The molecule has 0 spiro atoms. The average molecular weight is 306 g/mol. The van der Waals surface area contributed by atoms with Gasteiger partial charge in [-0.05, 0) is 0 Å². The molecule has 2 N–H and O–H groups in total. The summed E-state index contributed by atoms with van der Waals surface area (Å²) in [5, 5.41) is 3.88. The molecule has 110 valence electrons. The van der Waals surface area contributed by atoms with Crippen LogP contribution in [0.25, 0.3) is 0 Å². The van der Waals surface area contributed by atoms with Gasteiger partial charge >= 0.3 is 0 Å². The molecule has 1 unspecified atom stereocenters. The lowest BCUT2D eigenvalue weighted by atomic mass is 10.2. The van der Waals surface area contributed by atoms with E-state index in [2.05, 4.69) is 0 Å². The molecule has 0 bridgehead atoms. The lowest BCUT2D eigenvalue weighted by Gasteiger charge is -2.19. The van der Waals surface area contributed by atoms with Crippen molar-refractivity contribution in [3.8, 4) is 5.75 Å². The molecule has 1 aliphatic rings. The highest BCUT2D eigenvalue weighted by molar-refractivity contribution is 7.89. The maximum Gasteiger partial charge on any atom is 0.228 e. The molecule has 6 nitrogen and oxygen atoms in total. The van der Waals surface area contributed by atoms with Crippen LogP contribution < -0.4 is 14.8 Å². The molecule has 1 aromatic rings. The summed E-state index contributed by atoms with van der Waals surface area (Å²) in [4.78, 5) is 12.8. The number of primary sulfonamides is 1. The molecule has 1 amide bonds. The third-order valence-corrected chi connectivity index (χ3v) is 4.28. The second kappa shape index (κ2) is 4.98.